The van der Waals surface area contributed by atoms with E-state index in [9.17, 15) is 9.59 Å². The zero-order valence-electron chi connectivity index (χ0n) is 20.4. The van der Waals surface area contributed by atoms with Crippen molar-refractivity contribution in [2.75, 3.05) is 5.75 Å². The summed E-state index contributed by atoms with van der Waals surface area (Å²) in [5.74, 6) is 1.01. The molecule has 0 unspecified atom stereocenters. The van der Waals surface area contributed by atoms with Crippen LogP contribution in [0.4, 0.5) is 0 Å². The molecule has 0 heterocycles. The molecule has 1 saturated carbocycles. The summed E-state index contributed by atoms with van der Waals surface area (Å²) in [5.41, 5.74) is 3.25. The lowest BCUT2D eigenvalue weighted by molar-refractivity contribution is -0.139. The van der Waals surface area contributed by atoms with Crippen LogP contribution in [0, 0.1) is 0 Å². The van der Waals surface area contributed by atoms with Gasteiger partial charge in [-0.1, -0.05) is 102 Å². The number of halogens is 1. The summed E-state index contributed by atoms with van der Waals surface area (Å²) >= 11 is 5.06. The van der Waals surface area contributed by atoms with Gasteiger partial charge in [-0.25, -0.2) is 0 Å². The van der Waals surface area contributed by atoms with Gasteiger partial charge in [-0.3, -0.25) is 9.59 Å². The molecular formula is C30H33BrN2O2S. The quantitative estimate of drug-likeness (QED) is 0.294. The van der Waals surface area contributed by atoms with Gasteiger partial charge in [0.2, 0.25) is 11.8 Å². The molecule has 3 aromatic rings. The van der Waals surface area contributed by atoms with Crippen LogP contribution in [0.3, 0.4) is 0 Å². The van der Waals surface area contributed by atoms with Crippen LogP contribution in [0.2, 0.25) is 0 Å². The fourth-order valence-electron chi connectivity index (χ4n) is 4.62. The topological polar surface area (TPSA) is 49.4 Å². The number of thioether (sulfide) groups is 1. The van der Waals surface area contributed by atoms with Crippen molar-refractivity contribution in [3.63, 3.8) is 0 Å². The molecule has 6 heteroatoms. The zero-order chi connectivity index (χ0) is 25.2. The molecule has 0 bridgehead atoms. The Morgan fingerprint density at radius 2 is 1.47 bits per heavy atom. The molecule has 2 amide bonds. The van der Waals surface area contributed by atoms with Crippen molar-refractivity contribution in [1.82, 2.24) is 10.2 Å². The predicted octanol–water partition coefficient (Wildman–Crippen LogP) is 6.38. The van der Waals surface area contributed by atoms with Crippen LogP contribution >= 0.6 is 27.7 Å². The number of carbonyl (C=O) groups excluding carboxylic acids is 2. The molecule has 0 aliphatic heterocycles. The maximum Gasteiger partial charge on any atom is 0.243 e. The average molecular weight is 566 g/mol. The summed E-state index contributed by atoms with van der Waals surface area (Å²) in [5, 5.41) is 3.26. The van der Waals surface area contributed by atoms with Gasteiger partial charge in [0.15, 0.2) is 0 Å². The lowest BCUT2D eigenvalue weighted by Crippen LogP contribution is -2.52. The van der Waals surface area contributed by atoms with Crippen LogP contribution in [-0.4, -0.2) is 34.6 Å². The van der Waals surface area contributed by atoms with Crippen LogP contribution in [0.25, 0.3) is 0 Å². The molecule has 4 nitrogen and oxygen atoms in total. The number of amides is 2. The van der Waals surface area contributed by atoms with E-state index in [1.807, 2.05) is 72.8 Å². The Morgan fingerprint density at radius 1 is 0.861 bits per heavy atom. The lowest BCUT2D eigenvalue weighted by Gasteiger charge is -2.32. The highest BCUT2D eigenvalue weighted by Crippen LogP contribution is 2.22. The largest absolute Gasteiger partial charge is 0.352 e. The van der Waals surface area contributed by atoms with Crippen molar-refractivity contribution in [1.29, 1.82) is 0 Å². The van der Waals surface area contributed by atoms with Crippen molar-refractivity contribution >= 4 is 39.5 Å². The first-order valence-corrected chi connectivity index (χ1v) is 14.5. The van der Waals surface area contributed by atoms with Crippen LogP contribution in [0.1, 0.15) is 42.4 Å². The lowest BCUT2D eigenvalue weighted by atomic mass is 10.0. The van der Waals surface area contributed by atoms with Gasteiger partial charge in [-0.15, -0.1) is 11.8 Å². The van der Waals surface area contributed by atoms with E-state index in [1.165, 1.54) is 5.56 Å². The Balaban J connectivity index is 1.53. The summed E-state index contributed by atoms with van der Waals surface area (Å²) in [4.78, 5) is 29.1. The van der Waals surface area contributed by atoms with Crippen LogP contribution in [0.5, 0.6) is 0 Å². The molecule has 4 rings (SSSR count). The first kappa shape index (κ1) is 26.5. The smallest absolute Gasteiger partial charge is 0.243 e. The summed E-state index contributed by atoms with van der Waals surface area (Å²) in [6.07, 6.45) is 4.82. The Bertz CT molecular complexity index is 1100. The van der Waals surface area contributed by atoms with Gasteiger partial charge in [0, 0.05) is 29.2 Å². The fourth-order valence-corrected chi connectivity index (χ4v) is 5.76. The molecule has 36 heavy (non-hydrogen) atoms. The van der Waals surface area contributed by atoms with E-state index < -0.39 is 6.04 Å². The summed E-state index contributed by atoms with van der Waals surface area (Å²) in [6, 6.07) is 27.8. The maximum atomic E-state index is 13.7. The normalized spacial score (nSPS) is 14.4. The van der Waals surface area contributed by atoms with E-state index in [-0.39, 0.29) is 17.9 Å². The SMILES string of the molecule is O=C(NC1CCCC1)[C@H](Cc1ccccc1)N(Cc1ccccc1)C(=O)CSCc1ccc(Br)cc1. The van der Waals surface area contributed by atoms with Crippen molar-refractivity contribution in [2.45, 2.75) is 56.5 Å². The molecule has 0 saturated heterocycles. The van der Waals surface area contributed by atoms with Gasteiger partial charge in [-0.05, 0) is 41.7 Å². The summed E-state index contributed by atoms with van der Waals surface area (Å²) < 4.78 is 1.04. The molecule has 1 aliphatic rings. The highest BCUT2D eigenvalue weighted by atomic mass is 79.9. The minimum atomic E-state index is -0.561. The highest BCUT2D eigenvalue weighted by Gasteiger charge is 2.32. The molecule has 3 aromatic carbocycles. The third kappa shape index (κ3) is 7.97. The molecular weight excluding hydrogens is 532 g/mol. The van der Waals surface area contributed by atoms with Crippen molar-refractivity contribution in [3.8, 4) is 0 Å². The van der Waals surface area contributed by atoms with E-state index in [2.05, 4.69) is 33.4 Å². The van der Waals surface area contributed by atoms with E-state index in [0.717, 1.165) is 47.0 Å². The Labute approximate surface area is 227 Å². The van der Waals surface area contributed by atoms with Gasteiger partial charge in [0.25, 0.3) is 0 Å². The molecule has 1 fully saturated rings. The van der Waals surface area contributed by atoms with Crippen molar-refractivity contribution < 1.29 is 9.59 Å². The van der Waals surface area contributed by atoms with Gasteiger partial charge in [0.05, 0.1) is 5.75 Å². The predicted molar refractivity (Wildman–Crippen MR) is 152 cm³/mol. The Hall–Kier alpha value is -2.57. The van der Waals surface area contributed by atoms with Crippen LogP contribution in [0.15, 0.2) is 89.4 Å². The number of hydrogen-bond acceptors (Lipinski definition) is 3. The monoisotopic (exact) mass is 564 g/mol. The summed E-state index contributed by atoms with van der Waals surface area (Å²) in [6.45, 7) is 0.411. The molecule has 1 atom stereocenters. The van der Waals surface area contributed by atoms with E-state index in [0.29, 0.717) is 18.7 Å². The number of nitrogens with zero attached hydrogens (tertiary/aromatic N) is 1. The Kier molecular flexibility index (Phi) is 10.1. The number of nitrogens with one attached hydrogen (secondary N) is 1. The highest BCUT2D eigenvalue weighted by molar-refractivity contribution is 9.10. The summed E-state index contributed by atoms with van der Waals surface area (Å²) in [7, 11) is 0. The van der Waals surface area contributed by atoms with Gasteiger partial charge in [0.1, 0.15) is 6.04 Å². The minimum Gasteiger partial charge on any atom is -0.352 e. The minimum absolute atomic E-state index is 0.0107. The molecule has 0 spiro atoms. The molecule has 0 aromatic heterocycles. The first-order chi connectivity index (χ1) is 17.6. The third-order valence-electron chi connectivity index (χ3n) is 6.58. The third-order valence-corrected chi connectivity index (χ3v) is 8.09. The van der Waals surface area contributed by atoms with E-state index in [1.54, 1.807) is 16.7 Å². The average Bonchev–Trinajstić information content (AvgIpc) is 3.41. The molecule has 1 aliphatic carbocycles. The number of rotatable bonds is 11. The maximum absolute atomic E-state index is 13.7. The van der Waals surface area contributed by atoms with Crippen molar-refractivity contribution in [2.24, 2.45) is 0 Å². The van der Waals surface area contributed by atoms with Crippen LogP contribution < -0.4 is 5.32 Å². The van der Waals surface area contributed by atoms with Crippen LogP contribution in [-0.2, 0) is 28.3 Å². The zero-order valence-corrected chi connectivity index (χ0v) is 22.8. The molecule has 1 N–H and O–H groups in total. The first-order valence-electron chi connectivity index (χ1n) is 12.6. The number of hydrogen-bond donors (Lipinski definition) is 1. The van der Waals surface area contributed by atoms with Gasteiger partial charge < -0.3 is 10.2 Å². The Morgan fingerprint density at radius 3 is 2.11 bits per heavy atom. The number of carbonyl (C=O) groups is 2. The second-order valence-corrected chi connectivity index (χ2v) is 11.2. The standard InChI is InChI=1S/C30H33BrN2O2S/c31-26-17-15-25(16-18-26)21-36-22-29(34)33(20-24-11-5-2-6-12-24)28(19-23-9-3-1-4-10-23)30(35)32-27-13-7-8-14-27/h1-6,9-12,15-18,27-28H,7-8,13-14,19-22H2,(H,32,35)/t28-/m0/s1. The van der Waals surface area contributed by atoms with E-state index >= 15 is 0 Å². The van der Waals surface area contributed by atoms with E-state index in [4.69, 9.17) is 0 Å². The second-order valence-electron chi connectivity index (χ2n) is 9.32. The van der Waals surface area contributed by atoms with Gasteiger partial charge in [-0.2, -0.15) is 0 Å². The second kappa shape index (κ2) is 13.7. The van der Waals surface area contributed by atoms with Crippen molar-refractivity contribution in [3.05, 3.63) is 106 Å². The molecule has 188 valence electrons. The number of benzene rings is 3. The van der Waals surface area contributed by atoms with Gasteiger partial charge >= 0.3 is 0 Å². The fraction of sp³-hybridized carbons (Fsp3) is 0.333. The molecule has 0 radical (unpaired) electrons.